The molecule has 0 aliphatic carbocycles. The Bertz CT molecular complexity index is 375. The number of benzene rings is 1. The van der Waals surface area contributed by atoms with Gasteiger partial charge in [-0.25, -0.2) is 0 Å². The summed E-state index contributed by atoms with van der Waals surface area (Å²) < 4.78 is 0. The second-order valence-corrected chi connectivity index (χ2v) is 4.95. The zero-order chi connectivity index (χ0) is 10.4. The summed E-state index contributed by atoms with van der Waals surface area (Å²) in [7, 11) is 2.22. The number of fused-ring (bicyclic) bond motifs is 3. The number of nitrogens with zero attached hydrogens (tertiary/aromatic N) is 1. The molecule has 1 aromatic rings. The van der Waals surface area contributed by atoms with Crippen LogP contribution < -0.4 is 5.32 Å². The lowest BCUT2D eigenvalue weighted by Crippen LogP contribution is -2.46. The topological polar surface area (TPSA) is 15.3 Å². The highest BCUT2D eigenvalue weighted by molar-refractivity contribution is 5.59. The van der Waals surface area contributed by atoms with Gasteiger partial charge in [-0.2, -0.15) is 0 Å². The van der Waals surface area contributed by atoms with E-state index >= 15 is 0 Å². The van der Waals surface area contributed by atoms with Gasteiger partial charge in [-0.1, -0.05) is 25.1 Å². The lowest BCUT2D eigenvalue weighted by Gasteiger charge is -2.39. The van der Waals surface area contributed by atoms with E-state index in [9.17, 15) is 0 Å². The molecule has 2 heterocycles. The Morgan fingerprint density at radius 2 is 2.13 bits per heavy atom. The Labute approximate surface area is 91.3 Å². The molecule has 3 rings (SSSR count). The summed E-state index contributed by atoms with van der Waals surface area (Å²) in [6.07, 6.45) is 1.83. The van der Waals surface area contributed by atoms with Crippen LogP contribution in [0.5, 0.6) is 0 Å². The van der Waals surface area contributed by atoms with Crippen molar-refractivity contribution >= 4 is 5.69 Å². The quantitative estimate of drug-likeness (QED) is 0.695. The van der Waals surface area contributed by atoms with Crippen molar-refractivity contribution in [1.82, 2.24) is 4.90 Å². The van der Waals surface area contributed by atoms with Crippen LogP contribution in [0.4, 0.5) is 5.69 Å². The first-order valence-corrected chi connectivity index (χ1v) is 5.83. The van der Waals surface area contributed by atoms with Crippen LogP contribution in [0.2, 0.25) is 0 Å². The van der Waals surface area contributed by atoms with Crippen molar-refractivity contribution in [2.24, 2.45) is 5.92 Å². The molecular weight excluding hydrogens is 184 g/mol. The molecule has 0 spiro atoms. The van der Waals surface area contributed by atoms with E-state index in [-0.39, 0.29) is 0 Å². The average molecular weight is 202 g/mol. The number of hydrogen-bond donors (Lipinski definition) is 1. The second kappa shape index (κ2) is 3.24. The van der Waals surface area contributed by atoms with Crippen LogP contribution in [0.25, 0.3) is 0 Å². The first-order valence-electron chi connectivity index (χ1n) is 5.83. The van der Waals surface area contributed by atoms with Gasteiger partial charge in [-0.3, -0.25) is 4.90 Å². The molecule has 1 aromatic carbocycles. The fourth-order valence-electron chi connectivity index (χ4n) is 3.07. The number of likely N-dealkylation sites (tertiary alicyclic amines) is 1. The largest absolute Gasteiger partial charge is 0.369 e. The lowest BCUT2D eigenvalue weighted by atomic mass is 9.81. The number of para-hydroxylation sites is 1. The van der Waals surface area contributed by atoms with Gasteiger partial charge < -0.3 is 5.32 Å². The van der Waals surface area contributed by atoms with Gasteiger partial charge >= 0.3 is 0 Å². The molecule has 1 N–H and O–H groups in total. The van der Waals surface area contributed by atoms with Crippen molar-refractivity contribution in [3.63, 3.8) is 0 Å². The molecule has 0 aromatic heterocycles. The summed E-state index contributed by atoms with van der Waals surface area (Å²) in [5.74, 6) is 1.47. The van der Waals surface area contributed by atoms with Crippen molar-refractivity contribution in [2.75, 3.05) is 18.9 Å². The predicted octanol–water partition coefficient (Wildman–Crippen LogP) is 2.49. The molecule has 2 nitrogen and oxygen atoms in total. The van der Waals surface area contributed by atoms with E-state index in [1.54, 1.807) is 0 Å². The Morgan fingerprint density at radius 1 is 1.33 bits per heavy atom. The molecule has 0 radical (unpaired) electrons. The number of likely N-dealkylation sites (N-methyl/N-ethyl adjacent to an activating group) is 1. The molecule has 15 heavy (non-hydrogen) atoms. The fraction of sp³-hybridized carbons (Fsp3) is 0.538. The average Bonchev–Trinajstić information content (AvgIpc) is 2.64. The van der Waals surface area contributed by atoms with E-state index in [1.165, 1.54) is 24.2 Å². The smallest absolute Gasteiger partial charge is 0.0864 e. The maximum absolute atomic E-state index is 3.64. The highest BCUT2D eigenvalue weighted by Crippen LogP contribution is 2.44. The van der Waals surface area contributed by atoms with Crippen LogP contribution in [-0.2, 0) is 0 Å². The summed E-state index contributed by atoms with van der Waals surface area (Å²) in [4.78, 5) is 2.45. The summed E-state index contributed by atoms with van der Waals surface area (Å²) in [5, 5.41) is 3.64. The third-order valence-electron chi connectivity index (χ3n) is 3.99. The van der Waals surface area contributed by atoms with E-state index in [0.29, 0.717) is 12.1 Å². The summed E-state index contributed by atoms with van der Waals surface area (Å²) in [5.41, 5.74) is 2.86. The van der Waals surface area contributed by atoms with E-state index in [4.69, 9.17) is 0 Å². The van der Waals surface area contributed by atoms with Crippen LogP contribution in [0, 0.1) is 5.92 Å². The fourth-order valence-corrected chi connectivity index (χ4v) is 3.07. The van der Waals surface area contributed by atoms with Gasteiger partial charge in [0.1, 0.15) is 0 Å². The van der Waals surface area contributed by atoms with Crippen molar-refractivity contribution in [3.05, 3.63) is 29.8 Å². The minimum atomic E-state index is 0.520. The molecule has 0 unspecified atom stereocenters. The molecule has 2 aliphatic heterocycles. The zero-order valence-corrected chi connectivity index (χ0v) is 9.40. The third kappa shape index (κ3) is 1.28. The van der Waals surface area contributed by atoms with Crippen LogP contribution in [0.3, 0.4) is 0 Å². The molecular formula is C13H18N2. The molecule has 2 heteroatoms. The Balaban J connectivity index is 2.03. The van der Waals surface area contributed by atoms with Crippen molar-refractivity contribution < 1.29 is 0 Å². The maximum Gasteiger partial charge on any atom is 0.0864 e. The van der Waals surface area contributed by atoms with Crippen LogP contribution in [0.1, 0.15) is 24.8 Å². The van der Waals surface area contributed by atoms with Gasteiger partial charge in [0, 0.05) is 18.2 Å². The zero-order valence-electron chi connectivity index (χ0n) is 9.40. The minimum Gasteiger partial charge on any atom is -0.369 e. The van der Waals surface area contributed by atoms with Crippen LogP contribution in [-0.4, -0.2) is 24.7 Å². The third-order valence-corrected chi connectivity index (χ3v) is 3.99. The number of rotatable bonds is 0. The molecule has 0 bridgehead atoms. The maximum atomic E-state index is 3.64. The Kier molecular flexibility index (Phi) is 1.99. The van der Waals surface area contributed by atoms with Gasteiger partial charge in [-0.15, -0.1) is 0 Å². The first-order chi connectivity index (χ1) is 7.27. The minimum absolute atomic E-state index is 0.520. The predicted molar refractivity (Wildman–Crippen MR) is 63.0 cm³/mol. The summed E-state index contributed by atoms with van der Waals surface area (Å²) in [6.45, 7) is 3.60. The number of hydrogen-bond acceptors (Lipinski definition) is 2. The number of nitrogens with one attached hydrogen (secondary N) is 1. The van der Waals surface area contributed by atoms with Gasteiger partial charge in [0.15, 0.2) is 0 Å². The van der Waals surface area contributed by atoms with Crippen LogP contribution in [0.15, 0.2) is 24.3 Å². The van der Waals surface area contributed by atoms with E-state index < -0.39 is 0 Å². The van der Waals surface area contributed by atoms with Gasteiger partial charge in [0.2, 0.25) is 0 Å². The van der Waals surface area contributed by atoms with Crippen molar-refractivity contribution in [3.8, 4) is 0 Å². The summed E-state index contributed by atoms with van der Waals surface area (Å²) >= 11 is 0. The van der Waals surface area contributed by atoms with E-state index in [1.807, 2.05) is 0 Å². The van der Waals surface area contributed by atoms with Crippen LogP contribution >= 0.6 is 0 Å². The van der Waals surface area contributed by atoms with Gasteiger partial charge in [0.25, 0.3) is 0 Å². The standard InChI is InChI=1S/C13H18N2/c1-9-7-8-15(2)13-12(9)10-5-3-4-6-11(10)14-13/h3-6,9,12-14H,7-8H2,1-2H3/t9-,12+,13+/m0/s1. The van der Waals surface area contributed by atoms with E-state index in [2.05, 4.69) is 48.5 Å². The van der Waals surface area contributed by atoms with Crippen molar-refractivity contribution in [2.45, 2.75) is 25.4 Å². The Hall–Kier alpha value is -1.02. The molecule has 1 saturated heterocycles. The summed E-state index contributed by atoms with van der Waals surface area (Å²) in [6, 6.07) is 8.76. The second-order valence-electron chi connectivity index (χ2n) is 4.95. The molecule has 0 amide bonds. The normalized spacial score (nSPS) is 34.4. The molecule has 80 valence electrons. The molecule has 1 fully saturated rings. The molecule has 0 saturated carbocycles. The Morgan fingerprint density at radius 3 is 3.00 bits per heavy atom. The molecule has 2 aliphatic rings. The number of anilines is 1. The molecule has 3 atom stereocenters. The first kappa shape index (κ1) is 9.22. The lowest BCUT2D eigenvalue weighted by molar-refractivity contribution is 0.147. The highest BCUT2D eigenvalue weighted by Gasteiger charge is 2.40. The SMILES string of the molecule is C[C@H]1CCN(C)[C@H]2Nc3ccccc3[C@@H]12. The highest BCUT2D eigenvalue weighted by atomic mass is 15.3. The van der Waals surface area contributed by atoms with Gasteiger partial charge in [-0.05, 0) is 31.0 Å². The van der Waals surface area contributed by atoms with E-state index in [0.717, 1.165) is 5.92 Å². The van der Waals surface area contributed by atoms with Crippen molar-refractivity contribution in [1.29, 1.82) is 0 Å². The number of piperidine rings is 1. The van der Waals surface area contributed by atoms with Gasteiger partial charge in [0.05, 0.1) is 6.17 Å². The monoisotopic (exact) mass is 202 g/mol.